The van der Waals surface area contributed by atoms with Crippen molar-refractivity contribution in [2.24, 2.45) is 11.7 Å². The third-order valence-electron chi connectivity index (χ3n) is 2.76. The maximum atomic E-state index is 11.9. The monoisotopic (exact) mass is 284 g/mol. The minimum Gasteiger partial charge on any atom is -0.489 e. The highest BCUT2D eigenvalue weighted by atomic mass is 35.5. The zero-order valence-corrected chi connectivity index (χ0v) is 12.5. The quantitative estimate of drug-likeness (QED) is 0.873. The van der Waals surface area contributed by atoms with Gasteiger partial charge >= 0.3 is 0 Å². The highest BCUT2D eigenvalue weighted by Crippen LogP contribution is 2.28. The summed E-state index contributed by atoms with van der Waals surface area (Å²) in [4.78, 5) is 11.9. The molecule has 1 amide bonds. The van der Waals surface area contributed by atoms with Crippen LogP contribution in [-0.2, 0) is 4.79 Å². The molecule has 2 atom stereocenters. The molecule has 0 aliphatic heterocycles. The molecule has 0 radical (unpaired) electrons. The average Bonchev–Trinajstić information content (AvgIpc) is 2.31. The van der Waals surface area contributed by atoms with Crippen LogP contribution in [0.2, 0.25) is 5.02 Å². The molecule has 2 unspecified atom stereocenters. The first-order chi connectivity index (χ1) is 8.81. The predicted molar refractivity (Wildman–Crippen MR) is 78.7 cm³/mol. The number of benzene rings is 1. The first-order valence-corrected chi connectivity index (χ1v) is 6.71. The van der Waals surface area contributed by atoms with Crippen LogP contribution >= 0.6 is 11.6 Å². The van der Waals surface area contributed by atoms with Crippen LogP contribution in [0.5, 0.6) is 5.75 Å². The first-order valence-electron chi connectivity index (χ1n) is 6.34. The number of carbonyl (C=O) groups is 1. The average molecular weight is 285 g/mol. The van der Waals surface area contributed by atoms with Crippen LogP contribution in [0.3, 0.4) is 0 Å². The van der Waals surface area contributed by atoms with Gasteiger partial charge in [0.25, 0.3) is 0 Å². The number of nitrogens with two attached hydrogens (primary N) is 1. The second-order valence-corrected chi connectivity index (χ2v) is 5.36. The number of carbonyl (C=O) groups excluding carboxylic acids is 1. The zero-order valence-electron chi connectivity index (χ0n) is 11.7. The molecule has 1 rings (SSSR count). The molecule has 0 saturated carbocycles. The number of hydrogen-bond acceptors (Lipinski definition) is 3. The second kappa shape index (κ2) is 6.78. The number of hydrogen-bond donors (Lipinski definition) is 2. The molecule has 19 heavy (non-hydrogen) atoms. The van der Waals surface area contributed by atoms with Gasteiger partial charge in [-0.3, -0.25) is 4.79 Å². The Morgan fingerprint density at radius 1 is 1.32 bits per heavy atom. The van der Waals surface area contributed by atoms with Gasteiger partial charge in [-0.15, -0.1) is 0 Å². The summed E-state index contributed by atoms with van der Waals surface area (Å²) in [5.41, 5.74) is 6.33. The zero-order chi connectivity index (χ0) is 14.6. The van der Waals surface area contributed by atoms with Gasteiger partial charge in [-0.2, -0.15) is 0 Å². The van der Waals surface area contributed by atoms with Crippen LogP contribution in [0.25, 0.3) is 0 Å². The molecule has 1 aromatic rings. The van der Waals surface area contributed by atoms with Gasteiger partial charge in [0.1, 0.15) is 5.75 Å². The lowest BCUT2D eigenvalue weighted by atomic mass is 10.0. The minimum absolute atomic E-state index is 0.0519. The van der Waals surface area contributed by atoms with E-state index in [0.29, 0.717) is 16.5 Å². The van der Waals surface area contributed by atoms with Gasteiger partial charge in [-0.05, 0) is 39.0 Å². The van der Waals surface area contributed by atoms with E-state index in [9.17, 15) is 4.79 Å². The van der Waals surface area contributed by atoms with Crippen LogP contribution < -0.4 is 15.8 Å². The van der Waals surface area contributed by atoms with Gasteiger partial charge in [0, 0.05) is 11.7 Å². The van der Waals surface area contributed by atoms with E-state index in [2.05, 4.69) is 5.32 Å². The van der Waals surface area contributed by atoms with Crippen LogP contribution in [-0.4, -0.2) is 18.1 Å². The van der Waals surface area contributed by atoms with Crippen molar-refractivity contribution in [1.29, 1.82) is 0 Å². The van der Waals surface area contributed by atoms with E-state index in [-0.39, 0.29) is 24.0 Å². The number of amides is 1. The van der Waals surface area contributed by atoms with E-state index in [1.54, 1.807) is 32.0 Å². The number of rotatable bonds is 5. The number of halogens is 1. The third kappa shape index (κ3) is 4.73. The van der Waals surface area contributed by atoms with Gasteiger partial charge in [0.15, 0.2) is 0 Å². The molecule has 0 fully saturated rings. The van der Waals surface area contributed by atoms with E-state index in [1.807, 2.05) is 13.8 Å². The van der Waals surface area contributed by atoms with Crippen molar-refractivity contribution in [3.8, 4) is 5.75 Å². The number of nitrogens with one attached hydrogen (secondary N) is 1. The van der Waals surface area contributed by atoms with Crippen LogP contribution in [0.4, 0.5) is 5.69 Å². The largest absolute Gasteiger partial charge is 0.489 e. The Morgan fingerprint density at radius 2 is 1.95 bits per heavy atom. The lowest BCUT2D eigenvalue weighted by molar-refractivity contribution is -0.119. The minimum atomic E-state index is -0.259. The topological polar surface area (TPSA) is 64.3 Å². The summed E-state index contributed by atoms with van der Waals surface area (Å²) in [6, 6.07) is 4.98. The molecule has 4 nitrogen and oxygen atoms in total. The maximum Gasteiger partial charge on any atom is 0.228 e. The Morgan fingerprint density at radius 3 is 2.42 bits per heavy atom. The summed E-state index contributed by atoms with van der Waals surface area (Å²) in [5, 5.41) is 3.26. The number of ether oxygens (including phenoxy) is 1. The number of anilines is 1. The van der Waals surface area contributed by atoms with E-state index < -0.39 is 0 Å². The fourth-order valence-electron chi connectivity index (χ4n) is 1.42. The van der Waals surface area contributed by atoms with Crippen molar-refractivity contribution in [1.82, 2.24) is 0 Å². The van der Waals surface area contributed by atoms with Crippen LogP contribution in [0.1, 0.15) is 27.7 Å². The molecule has 3 N–H and O–H groups in total. The van der Waals surface area contributed by atoms with E-state index in [0.717, 1.165) is 0 Å². The maximum absolute atomic E-state index is 11.9. The summed E-state index contributed by atoms with van der Waals surface area (Å²) >= 11 is 6.10. The fraction of sp³-hybridized carbons (Fsp3) is 0.500. The predicted octanol–water partition coefficient (Wildman–Crippen LogP) is 3.05. The van der Waals surface area contributed by atoms with Crippen molar-refractivity contribution in [2.75, 3.05) is 5.32 Å². The molecule has 0 saturated heterocycles. The summed E-state index contributed by atoms with van der Waals surface area (Å²) in [5.74, 6) is 0.226. The highest BCUT2D eigenvalue weighted by molar-refractivity contribution is 6.32. The van der Waals surface area contributed by atoms with Gasteiger partial charge in [-0.25, -0.2) is 0 Å². The van der Waals surface area contributed by atoms with Gasteiger partial charge in [0.05, 0.1) is 17.0 Å². The van der Waals surface area contributed by atoms with E-state index >= 15 is 0 Å². The second-order valence-electron chi connectivity index (χ2n) is 4.95. The first kappa shape index (κ1) is 15.8. The van der Waals surface area contributed by atoms with Gasteiger partial charge in [-0.1, -0.05) is 18.5 Å². The van der Waals surface area contributed by atoms with Crippen molar-refractivity contribution < 1.29 is 9.53 Å². The molecule has 1 aromatic carbocycles. The molecular weight excluding hydrogens is 264 g/mol. The molecule has 0 heterocycles. The van der Waals surface area contributed by atoms with Crippen molar-refractivity contribution in [2.45, 2.75) is 39.8 Å². The summed E-state index contributed by atoms with van der Waals surface area (Å²) in [7, 11) is 0. The Balaban J connectivity index is 2.76. The Kier molecular flexibility index (Phi) is 5.63. The van der Waals surface area contributed by atoms with Gasteiger partial charge < -0.3 is 15.8 Å². The molecule has 0 aliphatic rings. The van der Waals surface area contributed by atoms with Gasteiger partial charge in [0.2, 0.25) is 5.91 Å². The molecule has 0 aliphatic carbocycles. The fourth-order valence-corrected chi connectivity index (χ4v) is 1.65. The standard InChI is InChI=1S/C14H21ClN2O2/c1-8(2)19-13-6-5-11(7-12(13)15)17-14(18)9(3)10(4)16/h5-10H,16H2,1-4H3,(H,17,18). The highest BCUT2D eigenvalue weighted by Gasteiger charge is 2.17. The van der Waals surface area contributed by atoms with Crippen molar-refractivity contribution in [3.63, 3.8) is 0 Å². The van der Waals surface area contributed by atoms with Crippen molar-refractivity contribution in [3.05, 3.63) is 23.2 Å². The Bertz CT molecular complexity index is 447. The Hall–Kier alpha value is -1.26. The normalized spacial score (nSPS) is 14.1. The molecule has 0 spiro atoms. The molecular formula is C14H21ClN2O2. The molecule has 106 valence electrons. The summed E-state index contributed by atoms with van der Waals surface area (Å²) in [6.07, 6.45) is 0.0519. The molecule has 5 heteroatoms. The lowest BCUT2D eigenvalue weighted by Gasteiger charge is -2.16. The van der Waals surface area contributed by atoms with Crippen LogP contribution in [0.15, 0.2) is 18.2 Å². The summed E-state index contributed by atoms with van der Waals surface area (Å²) < 4.78 is 5.53. The summed E-state index contributed by atoms with van der Waals surface area (Å²) in [6.45, 7) is 7.45. The van der Waals surface area contributed by atoms with Crippen LogP contribution in [0, 0.1) is 5.92 Å². The molecule has 0 aromatic heterocycles. The third-order valence-corrected chi connectivity index (χ3v) is 3.06. The Labute approximate surface area is 119 Å². The SMILES string of the molecule is CC(C)Oc1ccc(NC(=O)C(C)C(C)N)cc1Cl. The lowest BCUT2D eigenvalue weighted by Crippen LogP contribution is -2.34. The van der Waals surface area contributed by atoms with Crippen molar-refractivity contribution >= 4 is 23.2 Å². The molecule has 0 bridgehead atoms. The van der Waals surface area contributed by atoms with E-state index in [4.69, 9.17) is 22.1 Å². The smallest absolute Gasteiger partial charge is 0.228 e. The van der Waals surface area contributed by atoms with E-state index in [1.165, 1.54) is 0 Å².